The molecule has 1 aromatic rings. The molecule has 0 aliphatic heterocycles. The summed E-state index contributed by atoms with van der Waals surface area (Å²) in [5.74, 6) is -3.23. The maximum atomic E-state index is 11.8. The lowest BCUT2D eigenvalue weighted by atomic mass is 9.96. The normalized spacial score (nSPS) is 11.9. The molecule has 1 unspecified atom stereocenters. The molecule has 0 heterocycles. The Bertz CT molecular complexity index is 460. The predicted molar refractivity (Wildman–Crippen MR) is 63.1 cm³/mol. The lowest BCUT2D eigenvalue weighted by Crippen LogP contribution is -2.19. The molecule has 2 N–H and O–H groups in total. The number of Topliss-reactive ketones (excluding diaryl/α,β-unsaturated/α-hetero) is 1. The third-order valence-electron chi connectivity index (χ3n) is 2.13. The van der Waals surface area contributed by atoms with Gasteiger partial charge in [0, 0.05) is 5.56 Å². The molecule has 0 radical (unpaired) electrons. The minimum atomic E-state index is -1.33. The maximum absolute atomic E-state index is 11.8. The van der Waals surface area contributed by atoms with Crippen LogP contribution in [0.15, 0.2) is 18.2 Å². The van der Waals surface area contributed by atoms with Gasteiger partial charge in [-0.15, -0.1) is 0 Å². The van der Waals surface area contributed by atoms with Crippen LogP contribution in [0.1, 0.15) is 38.0 Å². The van der Waals surface area contributed by atoms with Gasteiger partial charge in [-0.3, -0.25) is 4.79 Å². The summed E-state index contributed by atoms with van der Waals surface area (Å²) in [6.45, 7) is 1.51. The summed E-state index contributed by atoms with van der Waals surface area (Å²) in [5.41, 5.74) is -0.890. The first-order valence-corrected chi connectivity index (χ1v) is 5.55. The Morgan fingerprint density at radius 1 is 1.12 bits per heavy atom. The van der Waals surface area contributed by atoms with E-state index in [1.807, 2.05) is 0 Å². The third kappa shape index (κ3) is 2.71. The van der Waals surface area contributed by atoms with Crippen molar-refractivity contribution in [3.05, 3.63) is 34.9 Å². The van der Waals surface area contributed by atoms with Gasteiger partial charge in [0.2, 0.25) is 0 Å². The van der Waals surface area contributed by atoms with Gasteiger partial charge in [-0.25, -0.2) is 9.59 Å². The van der Waals surface area contributed by atoms with E-state index in [1.54, 1.807) is 0 Å². The Balaban J connectivity index is 3.55. The van der Waals surface area contributed by atoms with Crippen LogP contribution >= 0.6 is 15.9 Å². The number of alkyl halides is 1. The number of ketones is 1. The summed E-state index contributed by atoms with van der Waals surface area (Å²) in [6.07, 6.45) is 0. The Morgan fingerprint density at radius 2 is 1.53 bits per heavy atom. The van der Waals surface area contributed by atoms with E-state index in [1.165, 1.54) is 25.1 Å². The third-order valence-corrected chi connectivity index (χ3v) is 2.55. The lowest BCUT2D eigenvalue weighted by molar-refractivity contribution is 0.0688. The molecule has 0 aromatic heterocycles. The first-order valence-electron chi connectivity index (χ1n) is 4.64. The van der Waals surface area contributed by atoms with E-state index < -0.39 is 22.5 Å². The second-order valence-electron chi connectivity index (χ2n) is 3.32. The summed E-state index contributed by atoms with van der Waals surface area (Å²) in [6, 6.07) is 3.71. The minimum absolute atomic E-state index is 0.281. The highest BCUT2D eigenvalue weighted by molar-refractivity contribution is 9.10. The van der Waals surface area contributed by atoms with E-state index in [-0.39, 0.29) is 16.7 Å². The van der Waals surface area contributed by atoms with Gasteiger partial charge in [0.1, 0.15) is 0 Å². The van der Waals surface area contributed by atoms with Crippen molar-refractivity contribution in [2.24, 2.45) is 0 Å². The quantitative estimate of drug-likeness (QED) is 0.656. The van der Waals surface area contributed by atoms with Crippen molar-refractivity contribution in [3.63, 3.8) is 0 Å². The fourth-order valence-corrected chi connectivity index (χ4v) is 1.60. The van der Waals surface area contributed by atoms with E-state index in [0.717, 1.165) is 0 Å². The SMILES string of the molecule is CC(Br)C(=O)c1c(C(=O)O)cccc1C(=O)O. The van der Waals surface area contributed by atoms with Crippen molar-refractivity contribution in [1.82, 2.24) is 0 Å². The number of halogens is 1. The van der Waals surface area contributed by atoms with Crippen LogP contribution in [0, 0.1) is 0 Å². The van der Waals surface area contributed by atoms with Crippen molar-refractivity contribution in [2.45, 2.75) is 11.8 Å². The van der Waals surface area contributed by atoms with Crippen molar-refractivity contribution in [3.8, 4) is 0 Å². The van der Waals surface area contributed by atoms with Crippen molar-refractivity contribution in [2.75, 3.05) is 0 Å². The number of aromatic carboxylic acids is 2. The van der Waals surface area contributed by atoms with Crippen LogP contribution in [-0.4, -0.2) is 32.8 Å². The molecule has 0 spiro atoms. The number of rotatable bonds is 4. The number of hydrogen-bond acceptors (Lipinski definition) is 3. The molecule has 17 heavy (non-hydrogen) atoms. The largest absolute Gasteiger partial charge is 0.478 e. The fourth-order valence-electron chi connectivity index (χ4n) is 1.37. The molecule has 1 rings (SSSR count). The van der Waals surface area contributed by atoms with E-state index in [4.69, 9.17) is 10.2 Å². The Kier molecular flexibility index (Phi) is 4.01. The highest BCUT2D eigenvalue weighted by Gasteiger charge is 2.25. The van der Waals surface area contributed by atoms with Crippen LogP contribution in [0.2, 0.25) is 0 Å². The second-order valence-corrected chi connectivity index (χ2v) is 4.69. The predicted octanol–water partition coefficient (Wildman–Crippen LogP) is 2.05. The Hall–Kier alpha value is -1.69. The van der Waals surface area contributed by atoms with Crippen molar-refractivity contribution in [1.29, 1.82) is 0 Å². The van der Waals surface area contributed by atoms with Gasteiger partial charge in [-0.05, 0) is 19.1 Å². The van der Waals surface area contributed by atoms with Crippen LogP contribution in [0.5, 0.6) is 0 Å². The number of carboxylic acid groups (broad SMARTS) is 2. The molecule has 0 amide bonds. The molecule has 0 bridgehead atoms. The number of carboxylic acids is 2. The second kappa shape index (κ2) is 5.09. The summed E-state index contributed by atoms with van der Waals surface area (Å²) >= 11 is 3.01. The van der Waals surface area contributed by atoms with Crippen molar-refractivity contribution < 1.29 is 24.6 Å². The molecule has 1 aromatic carbocycles. The van der Waals surface area contributed by atoms with Gasteiger partial charge >= 0.3 is 11.9 Å². The van der Waals surface area contributed by atoms with Crippen LogP contribution in [0.3, 0.4) is 0 Å². The van der Waals surface area contributed by atoms with E-state index >= 15 is 0 Å². The lowest BCUT2D eigenvalue weighted by Gasteiger charge is -2.10. The topological polar surface area (TPSA) is 91.7 Å². The number of carbonyl (C=O) groups excluding carboxylic acids is 1. The molecular weight excluding hydrogens is 292 g/mol. The smallest absolute Gasteiger partial charge is 0.336 e. The standard InChI is InChI=1S/C11H9BrO5/c1-5(12)9(13)8-6(10(14)15)3-2-4-7(8)11(16)17/h2-5H,1H3,(H,14,15)(H,16,17). The zero-order valence-corrected chi connectivity index (χ0v) is 10.4. The van der Waals surface area contributed by atoms with Crippen LogP contribution < -0.4 is 0 Å². The average Bonchev–Trinajstić information content (AvgIpc) is 2.26. The fraction of sp³-hybridized carbons (Fsp3) is 0.182. The van der Waals surface area contributed by atoms with E-state index in [0.29, 0.717) is 0 Å². The summed E-state index contributed by atoms with van der Waals surface area (Å²) in [7, 11) is 0. The molecule has 0 saturated heterocycles. The molecule has 0 aliphatic rings. The molecule has 1 atom stereocenters. The highest BCUT2D eigenvalue weighted by atomic mass is 79.9. The van der Waals surface area contributed by atoms with Gasteiger partial charge in [0.05, 0.1) is 16.0 Å². The Morgan fingerprint density at radius 3 is 1.82 bits per heavy atom. The number of benzene rings is 1. The first kappa shape index (κ1) is 13.4. The molecule has 5 nitrogen and oxygen atoms in total. The average molecular weight is 301 g/mol. The molecule has 0 saturated carbocycles. The number of hydrogen-bond donors (Lipinski definition) is 2. The van der Waals surface area contributed by atoms with Crippen LogP contribution in [-0.2, 0) is 0 Å². The van der Waals surface area contributed by atoms with Crippen molar-refractivity contribution >= 4 is 33.7 Å². The maximum Gasteiger partial charge on any atom is 0.336 e. The van der Waals surface area contributed by atoms with Crippen LogP contribution in [0.4, 0.5) is 0 Å². The van der Waals surface area contributed by atoms with Gasteiger partial charge in [0.15, 0.2) is 5.78 Å². The van der Waals surface area contributed by atoms with Gasteiger partial charge in [-0.2, -0.15) is 0 Å². The van der Waals surface area contributed by atoms with E-state index in [2.05, 4.69) is 15.9 Å². The molecular formula is C11H9BrO5. The van der Waals surface area contributed by atoms with Gasteiger partial charge < -0.3 is 10.2 Å². The van der Waals surface area contributed by atoms with Gasteiger partial charge in [-0.1, -0.05) is 22.0 Å². The van der Waals surface area contributed by atoms with Crippen LogP contribution in [0.25, 0.3) is 0 Å². The van der Waals surface area contributed by atoms with E-state index in [9.17, 15) is 14.4 Å². The highest BCUT2D eigenvalue weighted by Crippen LogP contribution is 2.20. The summed E-state index contributed by atoms with van der Waals surface area (Å²) in [4.78, 5) is 33.1. The zero-order chi connectivity index (χ0) is 13.2. The Labute approximate surface area is 105 Å². The minimum Gasteiger partial charge on any atom is -0.478 e. The molecule has 0 aliphatic carbocycles. The number of carbonyl (C=O) groups is 3. The molecule has 6 heteroatoms. The summed E-state index contributed by atoms with van der Waals surface area (Å²) < 4.78 is 0. The molecule has 90 valence electrons. The zero-order valence-electron chi connectivity index (χ0n) is 8.81. The first-order chi connectivity index (χ1) is 7.86. The van der Waals surface area contributed by atoms with Gasteiger partial charge in [0.25, 0.3) is 0 Å². The summed E-state index contributed by atoms with van der Waals surface area (Å²) in [5, 5.41) is 17.9. The monoisotopic (exact) mass is 300 g/mol. The molecule has 0 fully saturated rings.